The Labute approximate surface area is 62.1 Å². The van der Waals surface area contributed by atoms with Crippen LogP contribution in [-0.2, 0) is 4.79 Å². The summed E-state index contributed by atoms with van der Waals surface area (Å²) in [6, 6.07) is 0. The van der Waals surface area contributed by atoms with E-state index in [4.69, 9.17) is 0 Å². The number of carbonyl (C=O) groups is 1. The molecule has 1 saturated carbocycles. The first-order valence-electron chi connectivity index (χ1n) is 3.65. The second-order valence-corrected chi connectivity index (χ2v) is 3.89. The molecule has 1 heteroatoms. The molecule has 56 valence electrons. The van der Waals surface area contributed by atoms with Crippen molar-refractivity contribution in [1.29, 1.82) is 0 Å². The normalized spacial score (nSPS) is 27.7. The van der Waals surface area contributed by atoms with Gasteiger partial charge in [0, 0.05) is 5.92 Å². The molecule has 0 aromatic heterocycles. The molecule has 0 bridgehead atoms. The molecular weight excluding hydrogens is 124 g/mol. The molecule has 1 aliphatic carbocycles. The highest BCUT2D eigenvalue weighted by atomic mass is 16.1. The standard InChI is InChI=1S/C9H14O/c1-6(2)8(10)7-5-9(7,3)4/h7H,1,5H2,2-4H3. The Balaban J connectivity index is 2.56. The third kappa shape index (κ3) is 1.13. The zero-order valence-electron chi connectivity index (χ0n) is 6.90. The molecular formula is C9H14O. The summed E-state index contributed by atoms with van der Waals surface area (Å²) in [4.78, 5) is 11.2. The lowest BCUT2D eigenvalue weighted by Crippen LogP contribution is -2.05. The van der Waals surface area contributed by atoms with Crippen LogP contribution in [0.25, 0.3) is 0 Å². The summed E-state index contributed by atoms with van der Waals surface area (Å²) in [7, 11) is 0. The Hall–Kier alpha value is -0.590. The Morgan fingerprint density at radius 3 is 2.10 bits per heavy atom. The topological polar surface area (TPSA) is 17.1 Å². The SMILES string of the molecule is C=C(C)C(=O)C1CC1(C)C. The Bertz CT molecular complexity index is 189. The van der Waals surface area contributed by atoms with Crippen molar-refractivity contribution < 1.29 is 4.79 Å². The van der Waals surface area contributed by atoms with Crippen LogP contribution in [0.3, 0.4) is 0 Å². The fourth-order valence-corrected chi connectivity index (χ4v) is 1.21. The summed E-state index contributed by atoms with van der Waals surface area (Å²) >= 11 is 0. The van der Waals surface area contributed by atoms with Gasteiger partial charge in [-0.25, -0.2) is 0 Å². The number of rotatable bonds is 2. The molecule has 1 atom stereocenters. The van der Waals surface area contributed by atoms with Gasteiger partial charge >= 0.3 is 0 Å². The van der Waals surface area contributed by atoms with E-state index in [9.17, 15) is 4.79 Å². The van der Waals surface area contributed by atoms with Gasteiger partial charge in [-0.15, -0.1) is 0 Å². The van der Waals surface area contributed by atoms with Gasteiger partial charge in [0.15, 0.2) is 5.78 Å². The summed E-state index contributed by atoms with van der Waals surface area (Å²) in [6.07, 6.45) is 1.04. The lowest BCUT2D eigenvalue weighted by molar-refractivity contribution is -0.117. The lowest BCUT2D eigenvalue weighted by Gasteiger charge is -2.00. The van der Waals surface area contributed by atoms with Crippen molar-refractivity contribution in [3.63, 3.8) is 0 Å². The van der Waals surface area contributed by atoms with Gasteiger partial charge in [-0.1, -0.05) is 20.4 Å². The monoisotopic (exact) mass is 138 g/mol. The van der Waals surface area contributed by atoms with Crippen LogP contribution in [0.1, 0.15) is 27.2 Å². The van der Waals surface area contributed by atoms with E-state index in [0.717, 1.165) is 6.42 Å². The number of ketones is 1. The first kappa shape index (κ1) is 7.52. The fourth-order valence-electron chi connectivity index (χ4n) is 1.21. The second kappa shape index (κ2) is 1.94. The van der Waals surface area contributed by atoms with Gasteiger partial charge in [0.05, 0.1) is 0 Å². The van der Waals surface area contributed by atoms with E-state index < -0.39 is 0 Å². The van der Waals surface area contributed by atoms with Crippen LogP contribution in [-0.4, -0.2) is 5.78 Å². The molecule has 0 aromatic rings. The highest BCUT2D eigenvalue weighted by molar-refractivity contribution is 5.98. The van der Waals surface area contributed by atoms with Crippen LogP contribution >= 0.6 is 0 Å². The number of Topliss-reactive ketones (excluding diaryl/α,β-unsaturated/α-hetero) is 1. The zero-order chi connectivity index (χ0) is 7.94. The largest absolute Gasteiger partial charge is 0.294 e. The summed E-state index contributed by atoms with van der Waals surface area (Å²) in [6.45, 7) is 9.67. The van der Waals surface area contributed by atoms with Crippen molar-refractivity contribution in [2.75, 3.05) is 0 Å². The molecule has 0 heterocycles. The highest BCUT2D eigenvalue weighted by Gasteiger charge is 2.50. The van der Waals surface area contributed by atoms with Gasteiger partial charge in [0.1, 0.15) is 0 Å². The van der Waals surface area contributed by atoms with Gasteiger partial charge in [-0.05, 0) is 24.3 Å². The molecule has 0 aromatic carbocycles. The summed E-state index contributed by atoms with van der Waals surface area (Å²) in [5, 5.41) is 0. The van der Waals surface area contributed by atoms with Gasteiger partial charge in [0.2, 0.25) is 0 Å². The number of hydrogen-bond donors (Lipinski definition) is 0. The van der Waals surface area contributed by atoms with Crippen molar-refractivity contribution in [2.45, 2.75) is 27.2 Å². The van der Waals surface area contributed by atoms with Gasteiger partial charge in [0.25, 0.3) is 0 Å². The average Bonchev–Trinajstić information content (AvgIpc) is 2.38. The number of hydrogen-bond acceptors (Lipinski definition) is 1. The molecule has 0 aliphatic heterocycles. The minimum atomic E-state index is 0.255. The van der Waals surface area contributed by atoms with Crippen molar-refractivity contribution in [1.82, 2.24) is 0 Å². The molecule has 1 aliphatic rings. The van der Waals surface area contributed by atoms with E-state index in [0.29, 0.717) is 5.57 Å². The Kier molecular flexibility index (Phi) is 1.46. The van der Waals surface area contributed by atoms with Crippen molar-refractivity contribution in [3.8, 4) is 0 Å². The first-order chi connectivity index (χ1) is 4.45. The predicted molar refractivity (Wildman–Crippen MR) is 41.7 cm³/mol. The Morgan fingerprint density at radius 1 is 1.60 bits per heavy atom. The van der Waals surface area contributed by atoms with Crippen LogP contribution in [0.4, 0.5) is 0 Å². The molecule has 1 unspecified atom stereocenters. The van der Waals surface area contributed by atoms with Gasteiger partial charge < -0.3 is 0 Å². The van der Waals surface area contributed by atoms with E-state index in [1.165, 1.54) is 0 Å². The quantitative estimate of drug-likeness (QED) is 0.534. The molecule has 0 amide bonds. The minimum Gasteiger partial charge on any atom is -0.294 e. The van der Waals surface area contributed by atoms with Crippen LogP contribution in [0.5, 0.6) is 0 Å². The predicted octanol–water partition coefficient (Wildman–Crippen LogP) is 2.18. The van der Waals surface area contributed by atoms with Gasteiger partial charge in [-0.2, -0.15) is 0 Å². The third-order valence-corrected chi connectivity index (χ3v) is 2.25. The van der Waals surface area contributed by atoms with Crippen LogP contribution < -0.4 is 0 Å². The fraction of sp³-hybridized carbons (Fsp3) is 0.667. The molecule has 10 heavy (non-hydrogen) atoms. The lowest BCUT2D eigenvalue weighted by atomic mass is 10.0. The van der Waals surface area contributed by atoms with E-state index in [1.807, 2.05) is 0 Å². The second-order valence-electron chi connectivity index (χ2n) is 3.89. The maximum Gasteiger partial charge on any atom is 0.161 e. The molecule has 0 spiro atoms. The summed E-state index contributed by atoms with van der Waals surface area (Å²) < 4.78 is 0. The molecule has 0 saturated heterocycles. The molecule has 1 rings (SSSR count). The van der Waals surface area contributed by atoms with Crippen LogP contribution in [0.15, 0.2) is 12.2 Å². The molecule has 0 N–H and O–H groups in total. The minimum absolute atomic E-state index is 0.255. The van der Waals surface area contributed by atoms with E-state index in [-0.39, 0.29) is 17.1 Å². The number of allylic oxidation sites excluding steroid dienone is 1. The Morgan fingerprint density at radius 2 is 2.00 bits per heavy atom. The average molecular weight is 138 g/mol. The highest BCUT2D eigenvalue weighted by Crippen LogP contribution is 2.52. The molecule has 1 fully saturated rings. The van der Waals surface area contributed by atoms with Crippen molar-refractivity contribution in [2.24, 2.45) is 11.3 Å². The molecule has 0 radical (unpaired) electrons. The van der Waals surface area contributed by atoms with E-state index in [1.54, 1.807) is 6.92 Å². The summed E-state index contributed by atoms with van der Waals surface area (Å²) in [5.74, 6) is 0.523. The zero-order valence-corrected chi connectivity index (χ0v) is 6.90. The molecule has 1 nitrogen and oxygen atoms in total. The smallest absolute Gasteiger partial charge is 0.161 e. The maximum absolute atomic E-state index is 11.2. The van der Waals surface area contributed by atoms with Crippen LogP contribution in [0, 0.1) is 11.3 Å². The van der Waals surface area contributed by atoms with E-state index in [2.05, 4.69) is 20.4 Å². The summed E-state index contributed by atoms with van der Waals surface area (Å²) in [5.41, 5.74) is 0.964. The first-order valence-corrected chi connectivity index (χ1v) is 3.65. The van der Waals surface area contributed by atoms with Crippen LogP contribution in [0.2, 0.25) is 0 Å². The van der Waals surface area contributed by atoms with Crippen molar-refractivity contribution in [3.05, 3.63) is 12.2 Å². The maximum atomic E-state index is 11.2. The third-order valence-electron chi connectivity index (χ3n) is 2.25. The van der Waals surface area contributed by atoms with Crippen molar-refractivity contribution >= 4 is 5.78 Å². The van der Waals surface area contributed by atoms with E-state index >= 15 is 0 Å². The van der Waals surface area contributed by atoms with Gasteiger partial charge in [-0.3, -0.25) is 4.79 Å². The number of carbonyl (C=O) groups excluding carboxylic acids is 1.